The van der Waals surface area contributed by atoms with Crippen LogP contribution >= 0.6 is 0 Å². The molecule has 0 radical (unpaired) electrons. The average molecular weight is 667 g/mol. The smallest absolute Gasteiger partial charge is 0.187 e. The highest BCUT2D eigenvalue weighted by Gasteiger charge is 2.52. The van der Waals surface area contributed by atoms with Gasteiger partial charge in [-0.15, -0.1) is 0 Å². The maximum atomic E-state index is 10.5. The minimum Gasteiger partial charge on any atom is -0.394 e. The number of rotatable bonds is 10. The SMILES string of the molecule is OC[C@H]1O[C@@H](OC[C@H]2O[C@@H](OC[C@H]3O[C@@H](O[C@H]4[C@H](O)[C@H](O)C(O)O[C@@H]4CO)[C@H](O)[C@@H](O)[C@@H]3O)[C@H](O)[C@@H](O)[C@@H]2O)[C@H](O)[C@@H](O)[C@@H]1O. The second-order valence-electron chi connectivity index (χ2n) is 11.2. The Labute approximate surface area is 254 Å². The molecule has 0 aliphatic carbocycles. The van der Waals surface area contributed by atoms with Crippen LogP contribution in [0.1, 0.15) is 0 Å². The fourth-order valence-corrected chi connectivity index (χ4v) is 5.33. The molecule has 264 valence electrons. The van der Waals surface area contributed by atoms with Crippen molar-refractivity contribution in [2.75, 3.05) is 26.4 Å². The standard InChI is InChI=1S/C24H42O21/c25-1-5-9(27)12(30)17(35)22(42-5)39-3-7-10(28)13(31)18(36)23(43-7)40-4-8-11(29)14(32)19(37)24(44-8)45-20-6(2-26)41-21(38)16(34)15(20)33/h5-38H,1-4H2/t5-,6-,7-,8-,9-,10-,11-,12+,13+,14+,15-,16+,17-,18-,19-,20-,21?,22-,23-,24+/m1/s1. The van der Waals surface area contributed by atoms with Crippen molar-refractivity contribution in [2.24, 2.45) is 0 Å². The van der Waals surface area contributed by atoms with Crippen LogP contribution in [-0.2, 0) is 33.2 Å². The predicted molar refractivity (Wildman–Crippen MR) is 134 cm³/mol. The summed E-state index contributed by atoms with van der Waals surface area (Å²) in [6.07, 6.45) is -34.6. The first-order valence-corrected chi connectivity index (χ1v) is 14.1. The highest BCUT2D eigenvalue weighted by Crippen LogP contribution is 2.30. The monoisotopic (exact) mass is 666 g/mol. The molecule has 0 spiro atoms. The van der Waals surface area contributed by atoms with Crippen LogP contribution in [-0.4, -0.2) is 221 Å². The third-order valence-corrected chi connectivity index (χ3v) is 8.17. The molecule has 0 aromatic carbocycles. The van der Waals surface area contributed by atoms with Crippen molar-refractivity contribution in [3.63, 3.8) is 0 Å². The zero-order valence-electron chi connectivity index (χ0n) is 23.5. The van der Waals surface area contributed by atoms with Crippen LogP contribution in [0.3, 0.4) is 0 Å². The van der Waals surface area contributed by atoms with E-state index in [2.05, 4.69) is 0 Å². The molecule has 4 aliphatic heterocycles. The van der Waals surface area contributed by atoms with E-state index in [1.165, 1.54) is 0 Å². The summed E-state index contributed by atoms with van der Waals surface area (Å²) in [6.45, 7) is -2.90. The normalized spacial score (nSPS) is 52.9. The highest BCUT2D eigenvalue weighted by molar-refractivity contribution is 4.95. The number of aliphatic hydroxyl groups excluding tert-OH is 14. The van der Waals surface area contributed by atoms with Gasteiger partial charge in [0, 0.05) is 0 Å². The Balaban J connectivity index is 1.37. The molecule has 1 unspecified atom stereocenters. The number of hydrogen-bond donors (Lipinski definition) is 14. The van der Waals surface area contributed by atoms with E-state index in [4.69, 9.17) is 33.2 Å². The lowest BCUT2D eigenvalue weighted by Crippen LogP contribution is -2.65. The van der Waals surface area contributed by atoms with Crippen LogP contribution in [0.5, 0.6) is 0 Å². The molecule has 4 heterocycles. The maximum absolute atomic E-state index is 10.5. The lowest BCUT2D eigenvalue weighted by Gasteiger charge is -2.46. The van der Waals surface area contributed by atoms with Gasteiger partial charge < -0.3 is 105 Å². The Morgan fingerprint density at radius 1 is 0.378 bits per heavy atom. The molecule has 21 heteroatoms. The van der Waals surface area contributed by atoms with Gasteiger partial charge in [-0.3, -0.25) is 0 Å². The molecule has 4 saturated heterocycles. The van der Waals surface area contributed by atoms with E-state index in [-0.39, 0.29) is 0 Å². The molecular weight excluding hydrogens is 624 g/mol. The van der Waals surface area contributed by atoms with Crippen LogP contribution in [0.15, 0.2) is 0 Å². The van der Waals surface area contributed by atoms with Crippen molar-refractivity contribution < 1.29 is 105 Å². The fourth-order valence-electron chi connectivity index (χ4n) is 5.33. The summed E-state index contributed by atoms with van der Waals surface area (Å²) in [5.41, 5.74) is 0. The van der Waals surface area contributed by atoms with Crippen molar-refractivity contribution in [1.82, 2.24) is 0 Å². The third-order valence-electron chi connectivity index (χ3n) is 8.17. The predicted octanol–water partition coefficient (Wildman–Crippen LogP) is -9.75. The Morgan fingerprint density at radius 3 is 1.24 bits per heavy atom. The van der Waals surface area contributed by atoms with Gasteiger partial charge >= 0.3 is 0 Å². The minimum atomic E-state index is -1.94. The first kappa shape index (κ1) is 37.0. The molecule has 21 nitrogen and oxygen atoms in total. The molecular formula is C24H42O21. The maximum Gasteiger partial charge on any atom is 0.187 e. The van der Waals surface area contributed by atoms with E-state index >= 15 is 0 Å². The Kier molecular flexibility index (Phi) is 12.8. The summed E-state index contributed by atoms with van der Waals surface area (Å²) in [5.74, 6) is 0. The van der Waals surface area contributed by atoms with Crippen molar-refractivity contribution in [3.8, 4) is 0 Å². The first-order valence-electron chi connectivity index (χ1n) is 14.1. The zero-order valence-corrected chi connectivity index (χ0v) is 23.5. The molecule has 20 atom stereocenters. The molecule has 4 aliphatic rings. The average Bonchev–Trinajstić information content (AvgIpc) is 3.03. The summed E-state index contributed by atoms with van der Waals surface area (Å²) >= 11 is 0. The Morgan fingerprint density at radius 2 is 0.778 bits per heavy atom. The summed E-state index contributed by atoms with van der Waals surface area (Å²) in [6, 6.07) is 0. The molecule has 0 saturated carbocycles. The molecule has 0 aromatic heterocycles. The molecule has 14 N–H and O–H groups in total. The molecule has 0 bridgehead atoms. The summed E-state index contributed by atoms with van der Waals surface area (Å²) < 4.78 is 37.4. The topological polar surface area (TPSA) is 348 Å². The molecule has 4 rings (SSSR count). The van der Waals surface area contributed by atoms with Crippen LogP contribution in [0.25, 0.3) is 0 Å². The van der Waals surface area contributed by atoms with Gasteiger partial charge in [0.25, 0.3) is 0 Å². The van der Waals surface area contributed by atoms with Gasteiger partial charge in [-0.05, 0) is 0 Å². The van der Waals surface area contributed by atoms with E-state index in [0.717, 1.165) is 0 Å². The van der Waals surface area contributed by atoms with Crippen molar-refractivity contribution in [1.29, 1.82) is 0 Å². The van der Waals surface area contributed by atoms with Crippen LogP contribution < -0.4 is 0 Å². The van der Waals surface area contributed by atoms with E-state index in [1.807, 2.05) is 0 Å². The van der Waals surface area contributed by atoms with Gasteiger partial charge in [0.05, 0.1) is 26.4 Å². The second-order valence-corrected chi connectivity index (χ2v) is 11.2. The van der Waals surface area contributed by atoms with E-state index in [9.17, 15) is 71.5 Å². The lowest BCUT2D eigenvalue weighted by atomic mass is 9.97. The summed E-state index contributed by atoms with van der Waals surface area (Å²) in [5, 5.41) is 141. The zero-order chi connectivity index (χ0) is 33.3. The van der Waals surface area contributed by atoms with Gasteiger partial charge in [0.2, 0.25) is 0 Å². The molecule has 0 amide bonds. The third kappa shape index (κ3) is 7.75. The van der Waals surface area contributed by atoms with E-state index < -0.39 is 149 Å². The highest BCUT2D eigenvalue weighted by atomic mass is 16.8. The van der Waals surface area contributed by atoms with Crippen LogP contribution in [0.4, 0.5) is 0 Å². The Hall–Kier alpha value is -0.840. The number of ether oxygens (including phenoxy) is 7. The molecule has 0 aromatic rings. The first-order chi connectivity index (χ1) is 21.2. The summed E-state index contributed by atoms with van der Waals surface area (Å²) in [4.78, 5) is 0. The number of aliphatic hydroxyl groups is 14. The van der Waals surface area contributed by atoms with Gasteiger partial charge in [-0.1, -0.05) is 0 Å². The lowest BCUT2D eigenvalue weighted by molar-refractivity contribution is -0.363. The van der Waals surface area contributed by atoms with Crippen LogP contribution in [0.2, 0.25) is 0 Å². The quantitative estimate of drug-likeness (QED) is 0.103. The van der Waals surface area contributed by atoms with Gasteiger partial charge in [-0.25, -0.2) is 0 Å². The molecule has 4 fully saturated rings. The van der Waals surface area contributed by atoms with Crippen LogP contribution in [0, 0.1) is 0 Å². The Bertz CT molecular complexity index is 914. The van der Waals surface area contributed by atoms with Gasteiger partial charge in [0.1, 0.15) is 97.7 Å². The molecule has 45 heavy (non-hydrogen) atoms. The largest absolute Gasteiger partial charge is 0.394 e. The number of hydrogen-bond acceptors (Lipinski definition) is 21. The van der Waals surface area contributed by atoms with Crippen molar-refractivity contribution >= 4 is 0 Å². The second kappa shape index (κ2) is 15.6. The van der Waals surface area contributed by atoms with E-state index in [1.54, 1.807) is 0 Å². The fraction of sp³-hybridized carbons (Fsp3) is 1.00. The minimum absolute atomic E-state index is 0.644. The van der Waals surface area contributed by atoms with Gasteiger partial charge in [-0.2, -0.15) is 0 Å². The van der Waals surface area contributed by atoms with Crippen molar-refractivity contribution in [2.45, 2.75) is 123 Å². The van der Waals surface area contributed by atoms with E-state index in [0.29, 0.717) is 0 Å². The van der Waals surface area contributed by atoms with Gasteiger partial charge in [0.15, 0.2) is 25.2 Å². The summed E-state index contributed by atoms with van der Waals surface area (Å²) in [7, 11) is 0. The van der Waals surface area contributed by atoms with Crippen molar-refractivity contribution in [3.05, 3.63) is 0 Å².